The molecule has 0 aliphatic rings. The minimum atomic E-state index is -3.19. The Morgan fingerprint density at radius 2 is 1.61 bits per heavy atom. The van der Waals surface area contributed by atoms with Crippen molar-refractivity contribution in [1.29, 1.82) is 0 Å². The van der Waals surface area contributed by atoms with Crippen LogP contribution in [-0.4, -0.2) is 30.7 Å². The zero-order valence-electron chi connectivity index (χ0n) is 18.5. The highest BCUT2D eigenvalue weighted by atomic mass is 32.2. The van der Waals surface area contributed by atoms with E-state index in [2.05, 4.69) is 4.98 Å². The standard InChI is InChI=1S/C24H32FNO4S/c1-23(2,3)30-22(27)24(25,21-15-9-11-17-26-21)16-10-4-5-12-18-31(28,29)19-20-13-7-6-8-14-20/h6-9,11,13-15,17H,4-5,10,12,16,18-19H2,1-3H3. The molecule has 170 valence electrons. The van der Waals surface area contributed by atoms with Crippen molar-refractivity contribution in [3.05, 3.63) is 66.0 Å². The Morgan fingerprint density at radius 3 is 2.23 bits per heavy atom. The van der Waals surface area contributed by atoms with Gasteiger partial charge in [-0.2, -0.15) is 0 Å². The molecule has 31 heavy (non-hydrogen) atoms. The second-order valence-electron chi connectivity index (χ2n) is 8.76. The molecule has 0 saturated carbocycles. The Labute approximate surface area is 185 Å². The molecule has 0 radical (unpaired) electrons. The van der Waals surface area contributed by atoms with Gasteiger partial charge >= 0.3 is 5.97 Å². The summed E-state index contributed by atoms with van der Waals surface area (Å²) in [6.07, 6.45) is 3.57. The fraction of sp³-hybridized carbons (Fsp3) is 0.500. The topological polar surface area (TPSA) is 73.3 Å². The van der Waals surface area contributed by atoms with Gasteiger partial charge in [0, 0.05) is 6.20 Å². The van der Waals surface area contributed by atoms with Gasteiger partial charge in [-0.05, 0) is 57.7 Å². The Hall–Kier alpha value is -2.28. The number of rotatable bonds is 11. The molecule has 0 spiro atoms. The fourth-order valence-electron chi connectivity index (χ4n) is 3.24. The Bertz CT molecular complexity index is 927. The number of benzene rings is 1. The van der Waals surface area contributed by atoms with Crippen LogP contribution in [0.3, 0.4) is 0 Å². The van der Waals surface area contributed by atoms with Gasteiger partial charge in [0.2, 0.25) is 5.67 Å². The molecule has 0 bridgehead atoms. The molecule has 1 aromatic heterocycles. The van der Waals surface area contributed by atoms with E-state index in [4.69, 9.17) is 4.74 Å². The number of sulfone groups is 1. The molecule has 0 fully saturated rings. The average molecular weight is 450 g/mol. The van der Waals surface area contributed by atoms with Gasteiger partial charge in [0.15, 0.2) is 9.84 Å². The number of carbonyl (C=O) groups excluding carboxylic acids is 1. The monoisotopic (exact) mass is 449 g/mol. The van der Waals surface area contributed by atoms with Crippen LogP contribution in [0.15, 0.2) is 54.7 Å². The zero-order valence-corrected chi connectivity index (χ0v) is 19.3. The number of hydrogen-bond acceptors (Lipinski definition) is 5. The summed E-state index contributed by atoms with van der Waals surface area (Å²) in [6, 6.07) is 13.9. The summed E-state index contributed by atoms with van der Waals surface area (Å²) in [4.78, 5) is 16.6. The number of aromatic nitrogens is 1. The van der Waals surface area contributed by atoms with Crippen LogP contribution >= 0.6 is 0 Å². The molecule has 0 aliphatic heterocycles. The normalized spacial score (nSPS) is 14.1. The molecule has 7 heteroatoms. The van der Waals surface area contributed by atoms with E-state index in [9.17, 15) is 13.2 Å². The van der Waals surface area contributed by atoms with E-state index >= 15 is 4.39 Å². The smallest absolute Gasteiger partial charge is 0.350 e. The SMILES string of the molecule is CC(C)(C)OC(=O)C(F)(CCCCCCS(=O)(=O)Cc1ccccc1)c1ccccn1. The number of nitrogens with zero attached hydrogens (tertiary/aromatic N) is 1. The predicted molar refractivity (Wildman–Crippen MR) is 120 cm³/mol. The van der Waals surface area contributed by atoms with Gasteiger partial charge in [-0.3, -0.25) is 4.98 Å². The Morgan fingerprint density at radius 1 is 0.968 bits per heavy atom. The number of hydrogen-bond donors (Lipinski definition) is 0. The van der Waals surface area contributed by atoms with Gasteiger partial charge in [-0.1, -0.05) is 49.2 Å². The maximum Gasteiger partial charge on any atom is 0.350 e. The summed E-state index contributed by atoms with van der Waals surface area (Å²) in [5, 5.41) is 0. The number of esters is 1. The van der Waals surface area contributed by atoms with Crippen LogP contribution in [0.1, 0.15) is 64.1 Å². The lowest BCUT2D eigenvalue weighted by atomic mass is 9.93. The van der Waals surface area contributed by atoms with E-state index in [1.807, 2.05) is 18.2 Å². The Kier molecular flexibility index (Phi) is 8.74. The van der Waals surface area contributed by atoms with E-state index in [1.54, 1.807) is 45.0 Å². The molecule has 2 aromatic rings. The van der Waals surface area contributed by atoms with Gasteiger partial charge in [0.25, 0.3) is 0 Å². The number of halogens is 1. The van der Waals surface area contributed by atoms with E-state index in [0.29, 0.717) is 25.7 Å². The molecule has 1 aromatic carbocycles. The fourth-order valence-corrected chi connectivity index (χ4v) is 4.72. The lowest BCUT2D eigenvalue weighted by Gasteiger charge is -2.28. The van der Waals surface area contributed by atoms with Crippen LogP contribution in [0.5, 0.6) is 0 Å². The van der Waals surface area contributed by atoms with Crippen molar-refractivity contribution in [1.82, 2.24) is 4.98 Å². The highest BCUT2D eigenvalue weighted by molar-refractivity contribution is 7.90. The molecule has 0 aliphatic carbocycles. The average Bonchev–Trinajstić information content (AvgIpc) is 2.70. The number of carbonyl (C=O) groups is 1. The van der Waals surface area contributed by atoms with E-state index < -0.39 is 27.1 Å². The number of ether oxygens (including phenoxy) is 1. The van der Waals surface area contributed by atoms with Gasteiger partial charge < -0.3 is 4.74 Å². The second-order valence-corrected chi connectivity index (χ2v) is 10.9. The molecule has 0 saturated heterocycles. The number of alkyl halides is 1. The summed E-state index contributed by atoms with van der Waals surface area (Å²) in [5.41, 5.74) is -2.32. The van der Waals surface area contributed by atoms with E-state index in [1.165, 1.54) is 12.3 Å². The third-order valence-corrected chi connectivity index (χ3v) is 6.43. The minimum Gasteiger partial charge on any atom is -0.457 e. The maximum atomic E-state index is 15.8. The van der Waals surface area contributed by atoms with Crippen molar-refractivity contribution in [2.24, 2.45) is 0 Å². The van der Waals surface area contributed by atoms with Gasteiger partial charge in [0.05, 0.1) is 17.2 Å². The summed E-state index contributed by atoms with van der Waals surface area (Å²) in [5.74, 6) is -0.821. The summed E-state index contributed by atoms with van der Waals surface area (Å²) >= 11 is 0. The third-order valence-electron chi connectivity index (χ3n) is 4.75. The maximum absolute atomic E-state index is 15.8. The first-order valence-electron chi connectivity index (χ1n) is 10.6. The van der Waals surface area contributed by atoms with Gasteiger partial charge in [-0.25, -0.2) is 17.6 Å². The molecule has 2 rings (SSSR count). The molecule has 1 atom stereocenters. The predicted octanol–water partition coefficient (Wildman–Crippen LogP) is 5.15. The van der Waals surface area contributed by atoms with Crippen molar-refractivity contribution in [2.45, 2.75) is 69.9 Å². The lowest BCUT2D eigenvalue weighted by molar-refractivity contribution is -0.171. The van der Waals surface area contributed by atoms with Crippen molar-refractivity contribution >= 4 is 15.8 Å². The summed E-state index contributed by atoms with van der Waals surface area (Å²) < 4.78 is 45.6. The Balaban J connectivity index is 1.86. The van der Waals surface area contributed by atoms with Crippen molar-refractivity contribution < 1.29 is 22.3 Å². The van der Waals surface area contributed by atoms with Crippen molar-refractivity contribution in [2.75, 3.05) is 5.75 Å². The molecular weight excluding hydrogens is 417 g/mol. The number of pyridine rings is 1. The van der Waals surface area contributed by atoms with E-state index in [-0.39, 0.29) is 23.6 Å². The lowest BCUT2D eigenvalue weighted by Crippen LogP contribution is -2.38. The van der Waals surface area contributed by atoms with Crippen LogP contribution in [0, 0.1) is 0 Å². The first-order valence-corrected chi connectivity index (χ1v) is 12.4. The van der Waals surface area contributed by atoms with Gasteiger partial charge in [-0.15, -0.1) is 0 Å². The van der Waals surface area contributed by atoms with E-state index in [0.717, 1.165) is 5.56 Å². The largest absolute Gasteiger partial charge is 0.457 e. The molecule has 5 nitrogen and oxygen atoms in total. The molecule has 0 N–H and O–H groups in total. The molecule has 0 amide bonds. The van der Waals surface area contributed by atoms with Gasteiger partial charge in [0.1, 0.15) is 5.60 Å². The van der Waals surface area contributed by atoms with Crippen LogP contribution in [0.25, 0.3) is 0 Å². The quantitative estimate of drug-likeness (QED) is 0.350. The first-order chi connectivity index (χ1) is 14.5. The van der Waals surface area contributed by atoms with Crippen LogP contribution < -0.4 is 0 Å². The second kappa shape index (κ2) is 10.8. The summed E-state index contributed by atoms with van der Waals surface area (Å²) in [7, 11) is -3.19. The molecule has 1 unspecified atom stereocenters. The zero-order chi connectivity index (χ0) is 23.0. The highest BCUT2D eigenvalue weighted by Gasteiger charge is 2.44. The molecular formula is C24H32FNO4S. The molecule has 1 heterocycles. The van der Waals surface area contributed by atoms with Crippen LogP contribution in [-0.2, 0) is 30.8 Å². The summed E-state index contributed by atoms with van der Waals surface area (Å²) in [6.45, 7) is 5.08. The third kappa shape index (κ3) is 8.40. The number of unbranched alkanes of at least 4 members (excludes halogenated alkanes) is 3. The highest BCUT2D eigenvalue weighted by Crippen LogP contribution is 2.33. The van der Waals surface area contributed by atoms with Crippen LogP contribution in [0.4, 0.5) is 4.39 Å². The van der Waals surface area contributed by atoms with Crippen molar-refractivity contribution in [3.8, 4) is 0 Å². The first kappa shape index (κ1) is 25.0. The van der Waals surface area contributed by atoms with Crippen LogP contribution in [0.2, 0.25) is 0 Å². The van der Waals surface area contributed by atoms with Crippen molar-refractivity contribution in [3.63, 3.8) is 0 Å². The minimum absolute atomic E-state index is 0.0275.